The first kappa shape index (κ1) is 9.85. The molecule has 12 heavy (non-hydrogen) atoms. The molecule has 1 N–H and O–H groups in total. The summed E-state index contributed by atoms with van der Waals surface area (Å²) in [5, 5.41) is 2.55. The minimum Gasteiger partial charge on any atom is -0.350 e. The molecule has 1 atom stereocenters. The van der Waals surface area contributed by atoms with Crippen molar-refractivity contribution in [1.29, 1.82) is 0 Å². The number of alkyl halides is 1. The van der Waals surface area contributed by atoms with Crippen molar-refractivity contribution in [1.82, 2.24) is 5.32 Å². The Morgan fingerprint density at radius 3 is 2.33 bits per heavy atom. The van der Waals surface area contributed by atoms with E-state index in [1.165, 1.54) is 0 Å². The van der Waals surface area contributed by atoms with Crippen molar-refractivity contribution in [2.75, 3.05) is 0 Å². The first-order valence-electron chi connectivity index (χ1n) is 4.36. The van der Waals surface area contributed by atoms with Gasteiger partial charge in [-0.1, -0.05) is 0 Å². The van der Waals surface area contributed by atoms with Gasteiger partial charge in [0.1, 0.15) is 5.38 Å². The fraction of sp³-hybridized carbons (Fsp3) is 0.889. The summed E-state index contributed by atoms with van der Waals surface area (Å²) in [6.07, 6.45) is 2.21. The van der Waals surface area contributed by atoms with Crippen LogP contribution < -0.4 is 5.32 Å². The molecule has 0 aromatic heterocycles. The second kappa shape index (κ2) is 3.25. The number of hydrogen-bond donors (Lipinski definition) is 1. The zero-order chi connectivity index (χ0) is 9.35. The van der Waals surface area contributed by atoms with Crippen LogP contribution in [0.25, 0.3) is 0 Å². The monoisotopic (exact) mass is 189 g/mol. The van der Waals surface area contributed by atoms with E-state index < -0.39 is 0 Å². The Labute approximate surface area is 78.7 Å². The molecule has 3 heteroatoms. The van der Waals surface area contributed by atoms with Crippen LogP contribution in [0.2, 0.25) is 0 Å². The molecule has 0 aromatic carbocycles. The number of amides is 1. The predicted octanol–water partition coefficient (Wildman–Crippen LogP) is 1.92. The fourth-order valence-corrected chi connectivity index (χ4v) is 1.35. The first-order chi connectivity index (χ1) is 5.40. The van der Waals surface area contributed by atoms with E-state index in [4.69, 9.17) is 11.6 Å². The maximum Gasteiger partial charge on any atom is 0.238 e. The van der Waals surface area contributed by atoms with Gasteiger partial charge in [0, 0.05) is 5.54 Å². The quantitative estimate of drug-likeness (QED) is 0.661. The Hall–Kier alpha value is -0.240. The SMILES string of the molecule is CC(C)(C)NC(=O)C(Cl)C1CC1. The van der Waals surface area contributed by atoms with Crippen molar-refractivity contribution < 1.29 is 4.79 Å². The van der Waals surface area contributed by atoms with Gasteiger partial charge in [-0.05, 0) is 39.5 Å². The van der Waals surface area contributed by atoms with Crippen LogP contribution in [0.4, 0.5) is 0 Å². The number of nitrogens with one attached hydrogen (secondary N) is 1. The van der Waals surface area contributed by atoms with E-state index in [1.54, 1.807) is 0 Å². The molecule has 1 fully saturated rings. The van der Waals surface area contributed by atoms with Crippen molar-refractivity contribution in [3.05, 3.63) is 0 Å². The fourth-order valence-electron chi connectivity index (χ4n) is 1.04. The van der Waals surface area contributed by atoms with Crippen LogP contribution in [0.1, 0.15) is 33.6 Å². The van der Waals surface area contributed by atoms with Gasteiger partial charge in [0.05, 0.1) is 0 Å². The highest BCUT2D eigenvalue weighted by Gasteiger charge is 2.35. The van der Waals surface area contributed by atoms with Crippen molar-refractivity contribution in [3.8, 4) is 0 Å². The molecule has 0 radical (unpaired) electrons. The lowest BCUT2D eigenvalue weighted by molar-refractivity contribution is -0.122. The molecule has 0 bridgehead atoms. The van der Waals surface area contributed by atoms with Crippen LogP contribution in [0.3, 0.4) is 0 Å². The van der Waals surface area contributed by atoms with Gasteiger partial charge in [-0.15, -0.1) is 11.6 Å². The van der Waals surface area contributed by atoms with Gasteiger partial charge in [-0.25, -0.2) is 0 Å². The van der Waals surface area contributed by atoms with Crippen LogP contribution in [0.15, 0.2) is 0 Å². The maximum absolute atomic E-state index is 11.4. The molecule has 1 amide bonds. The molecule has 1 saturated carbocycles. The summed E-state index contributed by atoms with van der Waals surface area (Å²) in [4.78, 5) is 11.4. The third kappa shape index (κ3) is 3.02. The summed E-state index contributed by atoms with van der Waals surface area (Å²) in [5.41, 5.74) is -0.168. The average Bonchev–Trinajstić information content (AvgIpc) is 2.62. The summed E-state index contributed by atoms with van der Waals surface area (Å²) in [7, 11) is 0. The van der Waals surface area contributed by atoms with Crippen LogP contribution in [0, 0.1) is 5.92 Å². The zero-order valence-electron chi connectivity index (χ0n) is 7.86. The lowest BCUT2D eigenvalue weighted by Crippen LogP contribution is -2.44. The van der Waals surface area contributed by atoms with Gasteiger partial charge < -0.3 is 5.32 Å². The molecule has 0 spiro atoms. The standard InChI is InChI=1S/C9H16ClNO/c1-9(2,3)11-8(12)7(10)6-4-5-6/h6-7H,4-5H2,1-3H3,(H,11,12). The van der Waals surface area contributed by atoms with Gasteiger partial charge in [0.15, 0.2) is 0 Å². The Morgan fingerprint density at radius 1 is 1.50 bits per heavy atom. The molecule has 1 rings (SSSR count). The van der Waals surface area contributed by atoms with Crippen molar-refractivity contribution >= 4 is 17.5 Å². The highest BCUT2D eigenvalue weighted by Crippen LogP contribution is 2.35. The normalized spacial score (nSPS) is 20.3. The summed E-state index contributed by atoms with van der Waals surface area (Å²) >= 11 is 5.92. The molecule has 0 aromatic rings. The molecule has 0 aliphatic heterocycles. The van der Waals surface area contributed by atoms with Gasteiger partial charge in [-0.3, -0.25) is 4.79 Å². The molecule has 1 aliphatic rings. The summed E-state index contributed by atoms with van der Waals surface area (Å²) in [6, 6.07) is 0. The smallest absolute Gasteiger partial charge is 0.238 e. The summed E-state index contributed by atoms with van der Waals surface area (Å²) in [6.45, 7) is 5.88. The average molecular weight is 190 g/mol. The molecular formula is C9H16ClNO. The molecule has 1 unspecified atom stereocenters. The van der Waals surface area contributed by atoms with Crippen molar-refractivity contribution in [2.45, 2.75) is 44.5 Å². The Morgan fingerprint density at radius 2 is 2.00 bits per heavy atom. The summed E-state index contributed by atoms with van der Waals surface area (Å²) < 4.78 is 0. The number of hydrogen-bond acceptors (Lipinski definition) is 1. The number of rotatable bonds is 2. The molecule has 70 valence electrons. The van der Waals surface area contributed by atoms with Crippen LogP contribution in [0.5, 0.6) is 0 Å². The highest BCUT2D eigenvalue weighted by molar-refractivity contribution is 6.31. The largest absolute Gasteiger partial charge is 0.350 e. The third-order valence-corrected chi connectivity index (χ3v) is 2.34. The first-order valence-corrected chi connectivity index (χ1v) is 4.80. The third-order valence-electron chi connectivity index (χ3n) is 1.78. The van der Waals surface area contributed by atoms with Crippen molar-refractivity contribution in [2.24, 2.45) is 5.92 Å². The molecule has 1 aliphatic carbocycles. The zero-order valence-corrected chi connectivity index (χ0v) is 8.61. The minimum absolute atomic E-state index is 0.0216. The Bertz CT molecular complexity index is 181. The number of carbonyl (C=O) groups excluding carboxylic acids is 1. The van der Waals surface area contributed by atoms with Gasteiger partial charge in [0.2, 0.25) is 5.91 Å². The minimum atomic E-state index is -0.316. The van der Waals surface area contributed by atoms with Gasteiger partial charge in [0.25, 0.3) is 0 Å². The van der Waals surface area contributed by atoms with E-state index >= 15 is 0 Å². The number of carbonyl (C=O) groups is 1. The maximum atomic E-state index is 11.4. The molecule has 0 heterocycles. The van der Waals surface area contributed by atoms with Crippen LogP contribution in [-0.2, 0) is 4.79 Å². The highest BCUT2D eigenvalue weighted by atomic mass is 35.5. The Balaban J connectivity index is 2.36. The second-order valence-electron chi connectivity index (χ2n) is 4.48. The van der Waals surface area contributed by atoms with Crippen LogP contribution in [-0.4, -0.2) is 16.8 Å². The van der Waals surface area contributed by atoms with Crippen LogP contribution >= 0.6 is 11.6 Å². The van der Waals surface area contributed by atoms with E-state index in [0.29, 0.717) is 5.92 Å². The predicted molar refractivity (Wildman–Crippen MR) is 50.3 cm³/mol. The van der Waals surface area contributed by atoms with E-state index in [9.17, 15) is 4.79 Å². The van der Waals surface area contributed by atoms with E-state index in [0.717, 1.165) is 12.8 Å². The molecular weight excluding hydrogens is 174 g/mol. The van der Waals surface area contributed by atoms with Gasteiger partial charge in [-0.2, -0.15) is 0 Å². The topological polar surface area (TPSA) is 29.1 Å². The van der Waals surface area contributed by atoms with Gasteiger partial charge >= 0.3 is 0 Å². The number of halogens is 1. The van der Waals surface area contributed by atoms with Crippen molar-refractivity contribution in [3.63, 3.8) is 0 Å². The van der Waals surface area contributed by atoms with E-state index in [2.05, 4.69) is 5.32 Å². The van der Waals surface area contributed by atoms with E-state index in [1.807, 2.05) is 20.8 Å². The second-order valence-corrected chi connectivity index (χ2v) is 4.95. The Kier molecular flexibility index (Phi) is 2.67. The molecule has 2 nitrogen and oxygen atoms in total. The lowest BCUT2D eigenvalue weighted by Gasteiger charge is -2.22. The van der Waals surface area contributed by atoms with E-state index in [-0.39, 0.29) is 16.8 Å². The molecule has 0 saturated heterocycles. The summed E-state index contributed by atoms with van der Waals surface area (Å²) in [5.74, 6) is 0.403. The lowest BCUT2D eigenvalue weighted by atomic mass is 10.1.